The Balaban J connectivity index is 2.13. The Kier molecular flexibility index (Phi) is 4.22. The average molecular weight is 211 g/mol. The highest BCUT2D eigenvalue weighted by Gasteiger charge is 2.31. The Labute approximate surface area is 96.0 Å². The molecule has 0 spiro atoms. The normalized spacial score (nSPS) is 29.0. The zero-order valence-electron chi connectivity index (χ0n) is 11.4. The van der Waals surface area contributed by atoms with E-state index in [0.717, 1.165) is 23.8 Å². The molecule has 1 unspecified atom stereocenters. The SMILES string of the molecule is CC(C)C1CC(NCC(C)C(C)(C)C)C1. The third-order valence-corrected chi connectivity index (χ3v) is 4.31. The number of nitrogens with one attached hydrogen (secondary N) is 1. The van der Waals surface area contributed by atoms with E-state index < -0.39 is 0 Å². The smallest absolute Gasteiger partial charge is 0.00726 e. The summed E-state index contributed by atoms with van der Waals surface area (Å²) in [5, 5.41) is 3.71. The van der Waals surface area contributed by atoms with Gasteiger partial charge in [0.05, 0.1) is 0 Å². The van der Waals surface area contributed by atoms with Crippen LogP contribution in [0.2, 0.25) is 0 Å². The van der Waals surface area contributed by atoms with E-state index in [-0.39, 0.29) is 0 Å². The molecule has 1 heteroatoms. The molecule has 0 aromatic rings. The molecule has 0 radical (unpaired) electrons. The fraction of sp³-hybridized carbons (Fsp3) is 1.00. The van der Waals surface area contributed by atoms with Crippen LogP contribution in [-0.2, 0) is 0 Å². The highest BCUT2D eigenvalue weighted by atomic mass is 14.9. The molecular weight excluding hydrogens is 182 g/mol. The van der Waals surface area contributed by atoms with Gasteiger partial charge in [0, 0.05) is 6.04 Å². The van der Waals surface area contributed by atoms with E-state index in [9.17, 15) is 0 Å². The molecule has 0 bridgehead atoms. The second-order valence-corrected chi connectivity index (χ2v) is 6.85. The van der Waals surface area contributed by atoms with Crippen molar-refractivity contribution in [2.45, 2.75) is 60.4 Å². The van der Waals surface area contributed by atoms with Gasteiger partial charge in [0.15, 0.2) is 0 Å². The molecule has 15 heavy (non-hydrogen) atoms. The highest BCUT2D eigenvalue weighted by molar-refractivity contribution is 4.87. The molecule has 0 aliphatic heterocycles. The van der Waals surface area contributed by atoms with E-state index in [1.165, 1.54) is 19.4 Å². The fourth-order valence-corrected chi connectivity index (χ4v) is 2.02. The molecule has 0 aromatic heterocycles. The standard InChI is InChI=1S/C14H29N/c1-10(2)12-7-13(8-12)15-9-11(3)14(4,5)6/h10-13,15H,7-9H2,1-6H3. The number of hydrogen-bond donors (Lipinski definition) is 1. The van der Waals surface area contributed by atoms with Crippen LogP contribution < -0.4 is 5.32 Å². The topological polar surface area (TPSA) is 12.0 Å². The van der Waals surface area contributed by atoms with Crippen molar-refractivity contribution in [1.82, 2.24) is 5.32 Å². The Hall–Kier alpha value is -0.0400. The molecule has 1 nitrogen and oxygen atoms in total. The Morgan fingerprint density at radius 1 is 1.13 bits per heavy atom. The molecule has 1 fully saturated rings. The zero-order valence-corrected chi connectivity index (χ0v) is 11.4. The second kappa shape index (κ2) is 4.86. The quantitative estimate of drug-likeness (QED) is 0.748. The van der Waals surface area contributed by atoms with Gasteiger partial charge in [0.2, 0.25) is 0 Å². The predicted octanol–water partition coefficient (Wildman–Crippen LogP) is 3.69. The van der Waals surface area contributed by atoms with Gasteiger partial charge in [0.25, 0.3) is 0 Å². The minimum atomic E-state index is 0.439. The lowest BCUT2D eigenvalue weighted by molar-refractivity contribution is 0.151. The van der Waals surface area contributed by atoms with Gasteiger partial charge in [-0.1, -0.05) is 41.5 Å². The van der Waals surface area contributed by atoms with Gasteiger partial charge in [-0.3, -0.25) is 0 Å². The highest BCUT2D eigenvalue weighted by Crippen LogP contribution is 2.34. The first kappa shape index (κ1) is 13.0. The molecule has 1 atom stereocenters. The molecule has 0 aromatic carbocycles. The van der Waals surface area contributed by atoms with Gasteiger partial charge in [-0.25, -0.2) is 0 Å². The van der Waals surface area contributed by atoms with E-state index >= 15 is 0 Å². The van der Waals surface area contributed by atoms with Gasteiger partial charge in [0.1, 0.15) is 0 Å². The maximum atomic E-state index is 3.71. The van der Waals surface area contributed by atoms with E-state index in [1.807, 2.05) is 0 Å². The molecule has 0 amide bonds. The summed E-state index contributed by atoms with van der Waals surface area (Å²) in [6.45, 7) is 15.2. The van der Waals surface area contributed by atoms with Crippen molar-refractivity contribution in [3.8, 4) is 0 Å². The molecule has 0 heterocycles. The zero-order chi connectivity index (χ0) is 11.6. The summed E-state index contributed by atoms with van der Waals surface area (Å²) in [6, 6.07) is 0.808. The molecule has 1 aliphatic rings. The van der Waals surface area contributed by atoms with E-state index in [4.69, 9.17) is 0 Å². The Morgan fingerprint density at radius 3 is 2.07 bits per heavy atom. The first-order valence-electron chi connectivity index (χ1n) is 6.54. The lowest BCUT2D eigenvalue weighted by Gasteiger charge is -2.40. The molecule has 1 saturated carbocycles. The van der Waals surface area contributed by atoms with Crippen LogP contribution in [0, 0.1) is 23.2 Å². The van der Waals surface area contributed by atoms with E-state index in [2.05, 4.69) is 46.9 Å². The monoisotopic (exact) mass is 211 g/mol. The lowest BCUT2D eigenvalue weighted by Crippen LogP contribution is -2.45. The lowest BCUT2D eigenvalue weighted by atomic mass is 9.73. The summed E-state index contributed by atoms with van der Waals surface area (Å²) in [5.74, 6) is 2.62. The molecule has 0 saturated heterocycles. The number of rotatable bonds is 4. The molecular formula is C14H29N. The predicted molar refractivity (Wildman–Crippen MR) is 68.0 cm³/mol. The van der Waals surface area contributed by atoms with Gasteiger partial charge >= 0.3 is 0 Å². The Bertz CT molecular complexity index is 184. The van der Waals surface area contributed by atoms with E-state index in [1.54, 1.807) is 0 Å². The maximum Gasteiger partial charge on any atom is 0.00726 e. The first-order chi connectivity index (χ1) is 6.80. The van der Waals surface area contributed by atoms with Crippen LogP contribution in [0.1, 0.15) is 54.4 Å². The van der Waals surface area contributed by atoms with Crippen molar-refractivity contribution in [2.24, 2.45) is 23.2 Å². The van der Waals surface area contributed by atoms with Gasteiger partial charge in [-0.05, 0) is 42.6 Å². The van der Waals surface area contributed by atoms with Crippen molar-refractivity contribution in [2.75, 3.05) is 6.54 Å². The van der Waals surface area contributed by atoms with Crippen LogP contribution in [0.4, 0.5) is 0 Å². The molecule has 1 N–H and O–H groups in total. The summed E-state index contributed by atoms with van der Waals surface area (Å²) in [7, 11) is 0. The van der Waals surface area contributed by atoms with Crippen LogP contribution in [0.5, 0.6) is 0 Å². The van der Waals surface area contributed by atoms with Crippen molar-refractivity contribution in [3.63, 3.8) is 0 Å². The second-order valence-electron chi connectivity index (χ2n) is 6.85. The largest absolute Gasteiger partial charge is 0.314 e. The Morgan fingerprint density at radius 2 is 1.67 bits per heavy atom. The summed E-state index contributed by atoms with van der Waals surface area (Å²) >= 11 is 0. The van der Waals surface area contributed by atoms with Gasteiger partial charge < -0.3 is 5.32 Å². The van der Waals surface area contributed by atoms with Gasteiger partial charge in [-0.15, -0.1) is 0 Å². The van der Waals surface area contributed by atoms with Gasteiger partial charge in [-0.2, -0.15) is 0 Å². The first-order valence-corrected chi connectivity index (χ1v) is 6.54. The minimum absolute atomic E-state index is 0.439. The summed E-state index contributed by atoms with van der Waals surface area (Å²) < 4.78 is 0. The number of hydrogen-bond acceptors (Lipinski definition) is 1. The van der Waals surface area contributed by atoms with Crippen LogP contribution in [-0.4, -0.2) is 12.6 Å². The van der Waals surface area contributed by atoms with Crippen molar-refractivity contribution in [3.05, 3.63) is 0 Å². The average Bonchev–Trinajstić information content (AvgIpc) is 1.98. The van der Waals surface area contributed by atoms with Crippen LogP contribution in [0.3, 0.4) is 0 Å². The maximum absolute atomic E-state index is 3.71. The van der Waals surface area contributed by atoms with E-state index in [0.29, 0.717) is 5.41 Å². The summed E-state index contributed by atoms with van der Waals surface area (Å²) in [6.07, 6.45) is 2.79. The van der Waals surface area contributed by atoms with Crippen molar-refractivity contribution >= 4 is 0 Å². The van der Waals surface area contributed by atoms with Crippen LogP contribution in [0.25, 0.3) is 0 Å². The fourth-order valence-electron chi connectivity index (χ4n) is 2.02. The summed E-state index contributed by atoms with van der Waals surface area (Å²) in [5.41, 5.74) is 0.439. The van der Waals surface area contributed by atoms with Crippen LogP contribution in [0.15, 0.2) is 0 Å². The van der Waals surface area contributed by atoms with Crippen molar-refractivity contribution in [1.29, 1.82) is 0 Å². The molecule has 90 valence electrons. The minimum Gasteiger partial charge on any atom is -0.314 e. The molecule has 1 rings (SSSR count). The summed E-state index contributed by atoms with van der Waals surface area (Å²) in [4.78, 5) is 0. The molecule has 1 aliphatic carbocycles. The van der Waals surface area contributed by atoms with Crippen molar-refractivity contribution < 1.29 is 0 Å². The third kappa shape index (κ3) is 3.79. The van der Waals surface area contributed by atoms with Crippen LogP contribution >= 0.6 is 0 Å². The third-order valence-electron chi connectivity index (χ3n) is 4.31.